The number of anilines is 1. The molecule has 2 aromatic rings. The van der Waals surface area contributed by atoms with Crippen molar-refractivity contribution < 1.29 is 19.0 Å². The van der Waals surface area contributed by atoms with Crippen LogP contribution in [0.3, 0.4) is 0 Å². The van der Waals surface area contributed by atoms with E-state index in [9.17, 15) is 4.79 Å². The van der Waals surface area contributed by atoms with Gasteiger partial charge >= 0.3 is 0 Å². The molecule has 0 bridgehead atoms. The lowest BCUT2D eigenvalue weighted by molar-refractivity contribution is -0.116. The van der Waals surface area contributed by atoms with Crippen LogP contribution in [0.1, 0.15) is 19.4 Å². The zero-order valence-corrected chi connectivity index (χ0v) is 15.1. The topological polar surface area (TPSA) is 48.0 Å². The molecule has 2 aliphatic heterocycles. The van der Waals surface area contributed by atoms with Crippen LogP contribution in [0, 0.1) is 0 Å². The van der Waals surface area contributed by atoms with Crippen LogP contribution < -0.4 is 19.1 Å². The van der Waals surface area contributed by atoms with Gasteiger partial charge < -0.3 is 19.1 Å². The molecule has 0 atom stereocenters. The quantitative estimate of drug-likeness (QED) is 0.787. The predicted octanol–water partition coefficient (Wildman–Crippen LogP) is 3.67. The fraction of sp³-hybridized carbons (Fsp3) is 0.286. The van der Waals surface area contributed by atoms with Crippen molar-refractivity contribution in [3.8, 4) is 17.2 Å². The van der Waals surface area contributed by atoms with E-state index in [1.54, 1.807) is 24.3 Å². The van der Waals surface area contributed by atoms with Crippen molar-refractivity contribution in [2.24, 2.45) is 0 Å². The fourth-order valence-corrected chi connectivity index (χ4v) is 3.57. The minimum absolute atomic E-state index is 0.0244. The molecule has 0 aliphatic carbocycles. The Kier molecular flexibility index (Phi) is 3.87. The monoisotopic (exact) mass is 351 g/mol. The summed E-state index contributed by atoms with van der Waals surface area (Å²) in [5.74, 6) is 1.84. The first kappa shape index (κ1) is 16.5. The largest absolute Gasteiger partial charge is 0.485 e. The van der Waals surface area contributed by atoms with E-state index >= 15 is 0 Å². The molecular formula is C21H21NO4. The summed E-state index contributed by atoms with van der Waals surface area (Å²) in [4.78, 5) is 14.6. The third-order valence-corrected chi connectivity index (χ3v) is 4.96. The number of hydrogen-bond donors (Lipinski definition) is 0. The summed E-state index contributed by atoms with van der Waals surface area (Å²) >= 11 is 0. The summed E-state index contributed by atoms with van der Waals surface area (Å²) in [6.07, 6.45) is 1.69. The maximum absolute atomic E-state index is 12.5. The van der Waals surface area contributed by atoms with Gasteiger partial charge in [0.25, 0.3) is 0 Å². The molecule has 2 aliphatic rings. The maximum Gasteiger partial charge on any atom is 0.231 e. The number of allylic oxidation sites excluding steroid dienone is 1. The number of benzene rings is 2. The van der Waals surface area contributed by atoms with Crippen LogP contribution in [0.15, 0.2) is 54.2 Å². The zero-order valence-electron chi connectivity index (χ0n) is 15.1. The molecule has 0 spiro atoms. The van der Waals surface area contributed by atoms with Gasteiger partial charge in [0.15, 0.2) is 23.9 Å². The average molecular weight is 351 g/mol. The molecule has 2 heterocycles. The van der Waals surface area contributed by atoms with Crippen molar-refractivity contribution in [2.75, 3.05) is 25.3 Å². The van der Waals surface area contributed by atoms with Crippen molar-refractivity contribution in [1.82, 2.24) is 0 Å². The minimum Gasteiger partial charge on any atom is -0.485 e. The van der Waals surface area contributed by atoms with Crippen molar-refractivity contribution in [1.29, 1.82) is 0 Å². The second-order valence-corrected chi connectivity index (χ2v) is 7.00. The van der Waals surface area contributed by atoms with Crippen molar-refractivity contribution in [2.45, 2.75) is 19.3 Å². The Labute approximate surface area is 152 Å². The summed E-state index contributed by atoms with van der Waals surface area (Å²) in [5.41, 5.74) is 3.10. The lowest BCUT2D eigenvalue weighted by Crippen LogP contribution is -2.25. The Morgan fingerprint density at radius 3 is 2.77 bits per heavy atom. The van der Waals surface area contributed by atoms with Gasteiger partial charge in [0.1, 0.15) is 5.75 Å². The summed E-state index contributed by atoms with van der Waals surface area (Å²) in [6.45, 7) is 4.45. The first-order valence-corrected chi connectivity index (χ1v) is 8.57. The number of nitrogens with zero attached hydrogens (tertiary/aromatic N) is 1. The van der Waals surface area contributed by atoms with E-state index in [0.29, 0.717) is 17.2 Å². The Bertz CT molecular complexity index is 901. The van der Waals surface area contributed by atoms with Gasteiger partial charge in [-0.2, -0.15) is 0 Å². The van der Waals surface area contributed by atoms with Gasteiger partial charge in [-0.25, -0.2) is 0 Å². The number of fused-ring (bicyclic) bond motifs is 2. The Hall–Kier alpha value is -2.95. The number of carbonyl (C=O) groups is 1. The van der Waals surface area contributed by atoms with Crippen LogP contribution in [-0.2, 0) is 10.2 Å². The first-order valence-electron chi connectivity index (χ1n) is 8.57. The molecule has 2 aromatic carbocycles. The first-order chi connectivity index (χ1) is 12.5. The SMILES string of the molecule is CN1/C(=C/C(=O)COc2ccc3c(c2)OCO3)C(C)(C)c2ccccc21. The molecular weight excluding hydrogens is 330 g/mol. The van der Waals surface area contributed by atoms with Gasteiger partial charge in [0.2, 0.25) is 6.79 Å². The van der Waals surface area contributed by atoms with Crippen molar-refractivity contribution in [3.63, 3.8) is 0 Å². The van der Waals surface area contributed by atoms with E-state index in [-0.39, 0.29) is 24.6 Å². The van der Waals surface area contributed by atoms with Crippen molar-refractivity contribution >= 4 is 11.5 Å². The molecule has 0 saturated heterocycles. The normalized spacial score (nSPS) is 18.1. The third-order valence-electron chi connectivity index (χ3n) is 4.96. The van der Waals surface area contributed by atoms with Gasteiger partial charge in [-0.3, -0.25) is 4.79 Å². The molecule has 0 N–H and O–H groups in total. The number of hydrogen-bond acceptors (Lipinski definition) is 5. The van der Waals surface area contributed by atoms with Crippen LogP contribution in [0.5, 0.6) is 17.2 Å². The van der Waals surface area contributed by atoms with E-state index < -0.39 is 0 Å². The second kappa shape index (κ2) is 6.09. The number of ketones is 1. The standard InChI is InChI=1S/C21H21NO4/c1-21(2)16-6-4-5-7-17(16)22(3)20(21)10-14(23)12-24-15-8-9-18-19(11-15)26-13-25-18/h4-11H,12-13H2,1-3H3/b20-10+. The molecule has 0 radical (unpaired) electrons. The highest BCUT2D eigenvalue weighted by atomic mass is 16.7. The molecule has 134 valence electrons. The lowest BCUT2D eigenvalue weighted by Gasteiger charge is -2.23. The van der Waals surface area contributed by atoms with E-state index in [2.05, 4.69) is 30.9 Å². The van der Waals surface area contributed by atoms with Crippen LogP contribution in [0.2, 0.25) is 0 Å². The van der Waals surface area contributed by atoms with Gasteiger partial charge in [-0.1, -0.05) is 32.0 Å². The lowest BCUT2D eigenvalue weighted by atomic mass is 9.83. The highest BCUT2D eigenvalue weighted by Crippen LogP contribution is 2.46. The molecule has 0 amide bonds. The summed E-state index contributed by atoms with van der Waals surface area (Å²) in [5, 5.41) is 0. The highest BCUT2D eigenvalue weighted by Gasteiger charge is 2.38. The highest BCUT2D eigenvalue weighted by molar-refractivity contribution is 5.93. The van der Waals surface area contributed by atoms with Crippen LogP contribution in [0.4, 0.5) is 5.69 Å². The van der Waals surface area contributed by atoms with E-state index in [0.717, 1.165) is 11.4 Å². The van der Waals surface area contributed by atoms with Gasteiger partial charge in [-0.05, 0) is 23.8 Å². The second-order valence-electron chi connectivity index (χ2n) is 7.00. The Balaban J connectivity index is 1.49. The van der Waals surface area contributed by atoms with Crippen LogP contribution in [0.25, 0.3) is 0 Å². The fourth-order valence-electron chi connectivity index (χ4n) is 3.57. The number of rotatable bonds is 4. The average Bonchev–Trinajstić information content (AvgIpc) is 3.17. The summed E-state index contributed by atoms with van der Waals surface area (Å²) in [6, 6.07) is 13.5. The molecule has 0 saturated carbocycles. The van der Waals surface area contributed by atoms with Crippen molar-refractivity contribution in [3.05, 3.63) is 59.8 Å². The van der Waals surface area contributed by atoms with Crippen LogP contribution in [-0.4, -0.2) is 26.2 Å². The van der Waals surface area contributed by atoms with Crippen LogP contribution >= 0.6 is 0 Å². The molecule has 0 unspecified atom stereocenters. The number of ether oxygens (including phenoxy) is 3. The number of para-hydroxylation sites is 1. The number of likely N-dealkylation sites (N-methyl/N-ethyl adjacent to an activating group) is 1. The minimum atomic E-state index is -0.222. The third kappa shape index (κ3) is 2.69. The molecule has 0 fully saturated rings. The smallest absolute Gasteiger partial charge is 0.231 e. The molecule has 4 rings (SSSR count). The van der Waals surface area contributed by atoms with Gasteiger partial charge in [0.05, 0.1) is 0 Å². The molecule has 26 heavy (non-hydrogen) atoms. The maximum atomic E-state index is 12.5. The Morgan fingerprint density at radius 1 is 1.19 bits per heavy atom. The van der Waals surface area contributed by atoms with Gasteiger partial charge in [-0.15, -0.1) is 0 Å². The summed E-state index contributed by atoms with van der Waals surface area (Å²) in [7, 11) is 1.99. The molecule has 5 heteroatoms. The van der Waals surface area contributed by atoms with E-state index in [1.165, 1.54) is 5.56 Å². The zero-order chi connectivity index (χ0) is 18.3. The number of carbonyl (C=O) groups excluding carboxylic acids is 1. The predicted molar refractivity (Wildman–Crippen MR) is 99.0 cm³/mol. The molecule has 0 aromatic heterocycles. The van der Waals surface area contributed by atoms with E-state index in [1.807, 2.05) is 19.2 Å². The Morgan fingerprint density at radius 2 is 1.96 bits per heavy atom. The summed E-state index contributed by atoms with van der Waals surface area (Å²) < 4.78 is 16.2. The molecule has 5 nitrogen and oxygen atoms in total. The van der Waals surface area contributed by atoms with Gasteiger partial charge in [0, 0.05) is 36.0 Å². The van der Waals surface area contributed by atoms with E-state index in [4.69, 9.17) is 14.2 Å².